The maximum absolute atomic E-state index is 13.0. The number of carbonyl (C=O) groups is 2. The molecule has 0 spiro atoms. The first-order chi connectivity index (χ1) is 6.65. The Hall–Kier alpha value is -1.71. The zero-order valence-electron chi connectivity index (χ0n) is 7.62. The first-order valence-electron chi connectivity index (χ1n) is 3.99. The second-order valence-corrected chi connectivity index (χ2v) is 2.68. The van der Waals surface area contributed by atoms with Crippen LogP contribution in [0, 0.1) is 5.82 Å². The number of benzene rings is 1. The average molecular weight is 196 g/mol. The Labute approximate surface area is 80.5 Å². The van der Waals surface area contributed by atoms with Crippen molar-refractivity contribution in [2.24, 2.45) is 0 Å². The van der Waals surface area contributed by atoms with E-state index in [9.17, 15) is 14.0 Å². The topological polar surface area (TPSA) is 43.4 Å². The number of hydrogen-bond acceptors (Lipinski definition) is 3. The van der Waals surface area contributed by atoms with E-state index in [1.807, 2.05) is 0 Å². The predicted octanol–water partition coefficient (Wildman–Crippen LogP) is 1.11. The van der Waals surface area contributed by atoms with Gasteiger partial charge in [-0.3, -0.25) is 4.79 Å². The highest BCUT2D eigenvalue weighted by Gasteiger charge is 2.15. The molecule has 0 aliphatic carbocycles. The third kappa shape index (κ3) is 2.39. The minimum atomic E-state index is -0.951. The molecule has 0 atom stereocenters. The molecular formula is C10H9FO3. The van der Waals surface area contributed by atoms with Gasteiger partial charge in [-0.1, -0.05) is 18.2 Å². The van der Waals surface area contributed by atoms with Gasteiger partial charge in [-0.2, -0.15) is 0 Å². The van der Waals surface area contributed by atoms with Gasteiger partial charge in [0, 0.05) is 6.42 Å². The SMILES string of the molecule is COC(=O)C(=O)Cc1ccccc1F. The number of esters is 1. The Bertz CT molecular complexity index is 360. The number of carbonyl (C=O) groups excluding carboxylic acids is 2. The molecular weight excluding hydrogens is 187 g/mol. The van der Waals surface area contributed by atoms with E-state index < -0.39 is 17.6 Å². The molecule has 0 aliphatic heterocycles. The standard InChI is InChI=1S/C10H9FO3/c1-14-10(13)9(12)6-7-4-2-3-5-8(7)11/h2-5H,6H2,1H3. The average Bonchev–Trinajstić information content (AvgIpc) is 2.20. The monoisotopic (exact) mass is 196 g/mol. The lowest BCUT2D eigenvalue weighted by Crippen LogP contribution is -2.18. The third-order valence-corrected chi connectivity index (χ3v) is 1.72. The number of hydrogen-bond donors (Lipinski definition) is 0. The van der Waals surface area contributed by atoms with E-state index in [2.05, 4.69) is 4.74 Å². The van der Waals surface area contributed by atoms with Gasteiger partial charge in [-0.05, 0) is 11.6 Å². The predicted molar refractivity (Wildman–Crippen MR) is 47.1 cm³/mol. The normalized spacial score (nSPS) is 9.57. The van der Waals surface area contributed by atoms with E-state index in [1.165, 1.54) is 18.2 Å². The fraction of sp³-hybridized carbons (Fsp3) is 0.200. The van der Waals surface area contributed by atoms with Crippen LogP contribution in [0.4, 0.5) is 4.39 Å². The molecule has 1 rings (SSSR count). The van der Waals surface area contributed by atoms with Gasteiger partial charge in [-0.25, -0.2) is 9.18 Å². The fourth-order valence-corrected chi connectivity index (χ4v) is 1.00. The quantitative estimate of drug-likeness (QED) is 0.537. The molecule has 0 fully saturated rings. The lowest BCUT2D eigenvalue weighted by atomic mass is 10.1. The van der Waals surface area contributed by atoms with Crippen molar-refractivity contribution in [2.75, 3.05) is 7.11 Å². The van der Waals surface area contributed by atoms with E-state index >= 15 is 0 Å². The van der Waals surface area contributed by atoms with E-state index in [0.29, 0.717) is 0 Å². The van der Waals surface area contributed by atoms with Crippen molar-refractivity contribution in [1.82, 2.24) is 0 Å². The highest BCUT2D eigenvalue weighted by molar-refractivity contribution is 6.34. The summed E-state index contributed by atoms with van der Waals surface area (Å²) < 4.78 is 17.2. The molecule has 0 saturated carbocycles. The molecule has 1 aromatic rings. The molecule has 0 N–H and O–H groups in total. The molecule has 0 bridgehead atoms. The molecule has 3 nitrogen and oxygen atoms in total. The second kappa shape index (κ2) is 4.50. The van der Waals surface area contributed by atoms with Gasteiger partial charge in [0.2, 0.25) is 5.78 Å². The minimum Gasteiger partial charge on any atom is -0.463 e. The fourth-order valence-electron chi connectivity index (χ4n) is 1.00. The van der Waals surface area contributed by atoms with Crippen molar-refractivity contribution in [3.05, 3.63) is 35.6 Å². The maximum Gasteiger partial charge on any atom is 0.374 e. The Morgan fingerprint density at radius 3 is 2.57 bits per heavy atom. The van der Waals surface area contributed by atoms with Crippen LogP contribution < -0.4 is 0 Å². The number of methoxy groups -OCH3 is 1. The largest absolute Gasteiger partial charge is 0.463 e. The van der Waals surface area contributed by atoms with E-state index in [0.717, 1.165) is 7.11 Å². The van der Waals surface area contributed by atoms with Crippen LogP contribution in [0.25, 0.3) is 0 Å². The molecule has 0 aliphatic rings. The summed E-state index contributed by atoms with van der Waals surface area (Å²) in [4.78, 5) is 21.8. The second-order valence-electron chi connectivity index (χ2n) is 2.68. The number of rotatable bonds is 3. The molecule has 0 unspecified atom stereocenters. The van der Waals surface area contributed by atoms with Crippen LogP contribution in [-0.2, 0) is 20.7 Å². The van der Waals surface area contributed by atoms with Crippen molar-refractivity contribution >= 4 is 11.8 Å². The lowest BCUT2D eigenvalue weighted by Gasteiger charge is -2.00. The van der Waals surface area contributed by atoms with Crippen LogP contribution in [0.3, 0.4) is 0 Å². The Morgan fingerprint density at radius 2 is 2.00 bits per heavy atom. The summed E-state index contributed by atoms with van der Waals surface area (Å²) in [6, 6.07) is 5.81. The van der Waals surface area contributed by atoms with Crippen LogP contribution in [0.1, 0.15) is 5.56 Å². The van der Waals surface area contributed by atoms with E-state index in [-0.39, 0.29) is 12.0 Å². The molecule has 4 heteroatoms. The van der Waals surface area contributed by atoms with Crippen molar-refractivity contribution in [3.63, 3.8) is 0 Å². The summed E-state index contributed by atoms with van der Waals surface area (Å²) in [5.41, 5.74) is 0.197. The molecule has 0 aromatic heterocycles. The summed E-state index contributed by atoms with van der Waals surface area (Å²) in [7, 11) is 1.11. The van der Waals surface area contributed by atoms with Crippen molar-refractivity contribution < 1.29 is 18.7 Å². The van der Waals surface area contributed by atoms with Crippen LogP contribution in [0.5, 0.6) is 0 Å². The van der Waals surface area contributed by atoms with Gasteiger partial charge in [0.05, 0.1) is 7.11 Å². The highest BCUT2D eigenvalue weighted by Crippen LogP contribution is 2.07. The van der Waals surface area contributed by atoms with E-state index in [4.69, 9.17) is 0 Å². The maximum atomic E-state index is 13.0. The van der Waals surface area contributed by atoms with Crippen molar-refractivity contribution in [1.29, 1.82) is 0 Å². The third-order valence-electron chi connectivity index (χ3n) is 1.72. The van der Waals surface area contributed by atoms with Crippen LogP contribution >= 0.6 is 0 Å². The Kier molecular flexibility index (Phi) is 3.34. The summed E-state index contributed by atoms with van der Waals surface area (Å²) in [5.74, 6) is -2.20. The number of ketones is 1. The Balaban J connectivity index is 2.75. The first kappa shape index (κ1) is 10.4. The molecule has 0 amide bonds. The zero-order chi connectivity index (χ0) is 10.6. The van der Waals surface area contributed by atoms with Crippen molar-refractivity contribution in [3.8, 4) is 0 Å². The van der Waals surface area contributed by atoms with E-state index in [1.54, 1.807) is 6.07 Å². The van der Waals surface area contributed by atoms with Crippen LogP contribution in [-0.4, -0.2) is 18.9 Å². The summed E-state index contributed by atoms with van der Waals surface area (Å²) in [6.07, 6.45) is -0.265. The molecule has 74 valence electrons. The van der Waals surface area contributed by atoms with Gasteiger partial charge >= 0.3 is 5.97 Å². The zero-order valence-corrected chi connectivity index (χ0v) is 7.62. The van der Waals surface area contributed by atoms with Gasteiger partial charge in [0.1, 0.15) is 5.82 Å². The number of ether oxygens (including phenoxy) is 1. The highest BCUT2D eigenvalue weighted by atomic mass is 19.1. The van der Waals surface area contributed by atoms with Crippen LogP contribution in [0.15, 0.2) is 24.3 Å². The van der Waals surface area contributed by atoms with Gasteiger partial charge < -0.3 is 4.74 Å². The minimum absolute atomic E-state index is 0.197. The molecule has 0 saturated heterocycles. The van der Waals surface area contributed by atoms with Crippen LogP contribution in [0.2, 0.25) is 0 Å². The van der Waals surface area contributed by atoms with Gasteiger partial charge in [0.25, 0.3) is 0 Å². The molecule has 14 heavy (non-hydrogen) atoms. The number of Topliss-reactive ketones (excluding diaryl/α,β-unsaturated/α-hetero) is 1. The summed E-state index contributed by atoms with van der Waals surface area (Å²) >= 11 is 0. The van der Waals surface area contributed by atoms with Gasteiger partial charge in [0.15, 0.2) is 0 Å². The summed E-state index contributed by atoms with van der Waals surface area (Å²) in [6.45, 7) is 0. The molecule has 0 radical (unpaired) electrons. The molecule has 0 heterocycles. The smallest absolute Gasteiger partial charge is 0.374 e. The lowest BCUT2D eigenvalue weighted by molar-refractivity contribution is -0.151. The van der Waals surface area contributed by atoms with Crippen molar-refractivity contribution in [2.45, 2.75) is 6.42 Å². The number of halogens is 1. The molecule has 1 aromatic carbocycles. The van der Waals surface area contributed by atoms with Gasteiger partial charge in [-0.15, -0.1) is 0 Å². The first-order valence-corrected chi connectivity index (χ1v) is 3.99. The Morgan fingerprint density at radius 1 is 1.36 bits per heavy atom. The summed E-state index contributed by atoms with van der Waals surface area (Å²) in [5, 5.41) is 0.